The van der Waals surface area contributed by atoms with E-state index in [1.165, 1.54) is 6.07 Å². The number of para-hydroxylation sites is 1. The summed E-state index contributed by atoms with van der Waals surface area (Å²) in [6, 6.07) is 12.3. The first-order valence-electron chi connectivity index (χ1n) is 5.12. The summed E-state index contributed by atoms with van der Waals surface area (Å²) in [4.78, 5) is 0. The molecule has 0 spiro atoms. The van der Waals surface area contributed by atoms with Crippen molar-refractivity contribution in [2.45, 2.75) is 6.61 Å². The first kappa shape index (κ1) is 11.6. The number of nitrogens with two attached hydrogens (primary N) is 1. The Morgan fingerprint density at radius 1 is 1.12 bits per heavy atom. The molecule has 4 heteroatoms. The number of phenols is 1. The molecule has 3 nitrogen and oxygen atoms in total. The van der Waals surface area contributed by atoms with Crippen molar-refractivity contribution in [3.8, 4) is 11.5 Å². The quantitative estimate of drug-likeness (QED) is 0.649. The Kier molecular flexibility index (Phi) is 3.40. The van der Waals surface area contributed by atoms with Gasteiger partial charge >= 0.3 is 0 Å². The van der Waals surface area contributed by atoms with Gasteiger partial charge in [0.2, 0.25) is 0 Å². The van der Waals surface area contributed by atoms with Crippen molar-refractivity contribution >= 4 is 17.3 Å². The van der Waals surface area contributed by atoms with E-state index in [1.807, 2.05) is 18.2 Å². The van der Waals surface area contributed by atoms with Crippen LogP contribution in [0.3, 0.4) is 0 Å². The van der Waals surface area contributed by atoms with Gasteiger partial charge in [-0.05, 0) is 18.2 Å². The van der Waals surface area contributed by atoms with Crippen LogP contribution in [-0.4, -0.2) is 5.11 Å². The van der Waals surface area contributed by atoms with Gasteiger partial charge in [0.25, 0.3) is 0 Å². The Morgan fingerprint density at radius 3 is 2.65 bits per heavy atom. The van der Waals surface area contributed by atoms with E-state index in [-0.39, 0.29) is 11.4 Å². The fourth-order valence-electron chi connectivity index (χ4n) is 1.43. The number of nitrogen functional groups attached to an aromatic ring is 1. The molecule has 0 saturated heterocycles. The Morgan fingerprint density at radius 2 is 1.88 bits per heavy atom. The predicted octanol–water partition coefficient (Wildman–Crippen LogP) is 3.21. The molecule has 0 radical (unpaired) electrons. The highest BCUT2D eigenvalue weighted by Crippen LogP contribution is 2.30. The van der Waals surface area contributed by atoms with E-state index in [0.717, 1.165) is 5.56 Å². The van der Waals surface area contributed by atoms with Crippen LogP contribution in [-0.2, 0) is 6.61 Å². The minimum absolute atomic E-state index is 0.0154. The molecule has 0 atom stereocenters. The highest BCUT2D eigenvalue weighted by Gasteiger charge is 2.06. The maximum Gasteiger partial charge on any atom is 0.146 e. The van der Waals surface area contributed by atoms with Gasteiger partial charge in [-0.1, -0.05) is 35.9 Å². The van der Waals surface area contributed by atoms with E-state index in [9.17, 15) is 5.11 Å². The summed E-state index contributed by atoms with van der Waals surface area (Å²) in [5, 5.41) is 10.1. The summed E-state index contributed by atoms with van der Waals surface area (Å²) in [5.41, 5.74) is 6.78. The van der Waals surface area contributed by atoms with Crippen molar-refractivity contribution in [1.29, 1.82) is 0 Å². The van der Waals surface area contributed by atoms with E-state index in [0.29, 0.717) is 17.4 Å². The van der Waals surface area contributed by atoms with E-state index >= 15 is 0 Å². The Bertz CT molecular complexity index is 529. The summed E-state index contributed by atoms with van der Waals surface area (Å²) >= 11 is 6.00. The number of ether oxygens (including phenoxy) is 1. The van der Waals surface area contributed by atoms with E-state index in [1.54, 1.807) is 18.2 Å². The van der Waals surface area contributed by atoms with Crippen LogP contribution in [0.5, 0.6) is 11.5 Å². The Balaban J connectivity index is 2.13. The molecule has 0 aliphatic rings. The molecule has 88 valence electrons. The van der Waals surface area contributed by atoms with Gasteiger partial charge in [-0.15, -0.1) is 0 Å². The molecule has 0 aliphatic heterocycles. The second-order valence-corrected chi connectivity index (χ2v) is 3.98. The molecular weight excluding hydrogens is 238 g/mol. The number of halogens is 1. The molecule has 0 bridgehead atoms. The van der Waals surface area contributed by atoms with Gasteiger partial charge in [0, 0.05) is 10.6 Å². The smallest absolute Gasteiger partial charge is 0.146 e. The molecule has 3 N–H and O–H groups in total. The van der Waals surface area contributed by atoms with Crippen LogP contribution in [0.25, 0.3) is 0 Å². The zero-order valence-electron chi connectivity index (χ0n) is 9.06. The molecule has 0 amide bonds. The van der Waals surface area contributed by atoms with Crippen LogP contribution in [0.1, 0.15) is 5.56 Å². The van der Waals surface area contributed by atoms with Crippen molar-refractivity contribution in [3.05, 3.63) is 53.1 Å². The third-order valence-electron chi connectivity index (χ3n) is 2.38. The van der Waals surface area contributed by atoms with E-state index < -0.39 is 0 Å². The third kappa shape index (κ3) is 2.63. The zero-order valence-corrected chi connectivity index (χ0v) is 9.82. The maximum atomic E-state index is 9.42. The monoisotopic (exact) mass is 249 g/mol. The second-order valence-electron chi connectivity index (χ2n) is 3.57. The highest BCUT2D eigenvalue weighted by molar-refractivity contribution is 6.31. The lowest BCUT2D eigenvalue weighted by atomic mass is 10.2. The van der Waals surface area contributed by atoms with Gasteiger partial charge in [-0.2, -0.15) is 0 Å². The molecule has 2 rings (SSSR count). The molecule has 0 unspecified atom stereocenters. The number of aromatic hydroxyl groups is 1. The van der Waals surface area contributed by atoms with Gasteiger partial charge in [-0.25, -0.2) is 0 Å². The van der Waals surface area contributed by atoms with Crippen LogP contribution >= 0.6 is 11.6 Å². The first-order chi connectivity index (χ1) is 8.18. The van der Waals surface area contributed by atoms with Crippen LogP contribution in [0, 0.1) is 0 Å². The third-order valence-corrected chi connectivity index (χ3v) is 2.75. The average molecular weight is 250 g/mol. The first-order valence-corrected chi connectivity index (χ1v) is 5.50. The zero-order chi connectivity index (χ0) is 12.3. The normalized spacial score (nSPS) is 10.2. The van der Waals surface area contributed by atoms with Crippen molar-refractivity contribution in [2.75, 3.05) is 5.73 Å². The van der Waals surface area contributed by atoms with E-state index in [4.69, 9.17) is 22.1 Å². The topological polar surface area (TPSA) is 55.5 Å². The van der Waals surface area contributed by atoms with E-state index in [2.05, 4.69) is 0 Å². The average Bonchev–Trinajstić information content (AvgIpc) is 2.33. The molecule has 0 fully saturated rings. The van der Waals surface area contributed by atoms with Crippen molar-refractivity contribution in [2.24, 2.45) is 0 Å². The fourth-order valence-corrected chi connectivity index (χ4v) is 1.62. The SMILES string of the molecule is Nc1c(O)cccc1OCc1ccccc1Cl. The fraction of sp³-hybridized carbons (Fsp3) is 0.0769. The van der Waals surface area contributed by atoms with Gasteiger partial charge in [0.05, 0.1) is 0 Å². The summed E-state index contributed by atoms with van der Waals surface area (Å²) in [6.07, 6.45) is 0. The predicted molar refractivity (Wildman–Crippen MR) is 68.3 cm³/mol. The molecule has 0 aromatic heterocycles. The number of hydrogen-bond acceptors (Lipinski definition) is 3. The minimum atomic E-state index is 0.0154. The molecular formula is C13H12ClNO2. The molecule has 2 aromatic carbocycles. The standard InChI is InChI=1S/C13H12ClNO2/c14-10-5-2-1-4-9(10)8-17-12-7-3-6-11(16)13(12)15/h1-7,16H,8,15H2. The van der Waals surface area contributed by atoms with Gasteiger partial charge in [-0.3, -0.25) is 0 Å². The van der Waals surface area contributed by atoms with Crippen LogP contribution in [0.2, 0.25) is 5.02 Å². The molecule has 0 aliphatic carbocycles. The van der Waals surface area contributed by atoms with Gasteiger partial charge in [0.1, 0.15) is 23.8 Å². The second kappa shape index (κ2) is 4.97. The van der Waals surface area contributed by atoms with Crippen LogP contribution < -0.4 is 10.5 Å². The van der Waals surface area contributed by atoms with Crippen molar-refractivity contribution in [3.63, 3.8) is 0 Å². The summed E-state index contributed by atoms with van der Waals surface area (Å²) in [6.45, 7) is 0.313. The lowest BCUT2D eigenvalue weighted by molar-refractivity contribution is 0.306. The lowest BCUT2D eigenvalue weighted by Crippen LogP contribution is -1.99. The molecule has 2 aromatic rings. The largest absolute Gasteiger partial charge is 0.506 e. The Hall–Kier alpha value is -1.87. The lowest BCUT2D eigenvalue weighted by Gasteiger charge is -2.10. The summed E-state index contributed by atoms with van der Waals surface area (Å²) in [7, 11) is 0. The number of rotatable bonds is 3. The maximum absolute atomic E-state index is 9.42. The number of anilines is 1. The molecule has 0 saturated carbocycles. The number of phenolic OH excluding ortho intramolecular Hbond substituents is 1. The molecule has 0 heterocycles. The van der Waals surface area contributed by atoms with Crippen LogP contribution in [0.15, 0.2) is 42.5 Å². The minimum Gasteiger partial charge on any atom is -0.506 e. The number of benzene rings is 2. The summed E-state index contributed by atoms with van der Waals surface area (Å²) in [5.74, 6) is 0.464. The van der Waals surface area contributed by atoms with Gasteiger partial charge < -0.3 is 15.6 Å². The molecule has 17 heavy (non-hydrogen) atoms. The Labute approximate surface area is 104 Å². The highest BCUT2D eigenvalue weighted by atomic mass is 35.5. The summed E-state index contributed by atoms with van der Waals surface area (Å²) < 4.78 is 5.52. The van der Waals surface area contributed by atoms with Crippen molar-refractivity contribution in [1.82, 2.24) is 0 Å². The van der Waals surface area contributed by atoms with Crippen LogP contribution in [0.4, 0.5) is 5.69 Å². The van der Waals surface area contributed by atoms with Crippen molar-refractivity contribution < 1.29 is 9.84 Å². The number of hydrogen-bond donors (Lipinski definition) is 2. The van der Waals surface area contributed by atoms with Gasteiger partial charge in [0.15, 0.2) is 0 Å².